The maximum atomic E-state index is 5.62. The largest absolute Gasteiger partial charge is 0.496 e. The van der Waals surface area contributed by atoms with Gasteiger partial charge in [-0.15, -0.1) is 0 Å². The normalized spacial score (nSPS) is 14.8. The number of rotatable bonds is 5. The van der Waals surface area contributed by atoms with Crippen molar-refractivity contribution in [2.45, 2.75) is 0 Å². The molecule has 2 aromatic carbocycles. The van der Waals surface area contributed by atoms with E-state index in [-0.39, 0.29) is 0 Å². The van der Waals surface area contributed by atoms with Crippen molar-refractivity contribution in [3.05, 3.63) is 53.6 Å². The lowest BCUT2D eigenvalue weighted by atomic mass is 10.1. The van der Waals surface area contributed by atoms with E-state index in [2.05, 4.69) is 35.2 Å². The van der Waals surface area contributed by atoms with E-state index < -0.39 is 0 Å². The molecule has 0 aromatic heterocycles. The summed E-state index contributed by atoms with van der Waals surface area (Å²) >= 11 is 0. The molecule has 24 heavy (non-hydrogen) atoms. The second-order valence-electron chi connectivity index (χ2n) is 5.61. The maximum Gasteiger partial charge on any atom is 0.131 e. The van der Waals surface area contributed by atoms with Crippen molar-refractivity contribution in [3.8, 4) is 11.5 Å². The van der Waals surface area contributed by atoms with E-state index in [0.717, 1.165) is 54.6 Å². The van der Waals surface area contributed by atoms with Gasteiger partial charge in [0.2, 0.25) is 0 Å². The van der Waals surface area contributed by atoms with Gasteiger partial charge < -0.3 is 19.1 Å². The molecule has 3 rings (SSSR count). The van der Waals surface area contributed by atoms with E-state index in [1.807, 2.05) is 24.3 Å². The molecule has 2 aromatic rings. The molecule has 0 unspecified atom stereocenters. The van der Waals surface area contributed by atoms with Crippen molar-refractivity contribution in [2.24, 2.45) is 0 Å². The van der Waals surface area contributed by atoms with E-state index in [1.165, 1.54) is 0 Å². The summed E-state index contributed by atoms with van der Waals surface area (Å²) in [7, 11) is 3.38. The van der Waals surface area contributed by atoms with Gasteiger partial charge in [-0.05, 0) is 11.6 Å². The van der Waals surface area contributed by atoms with Gasteiger partial charge in [0.1, 0.15) is 11.5 Å². The van der Waals surface area contributed by atoms with Crippen molar-refractivity contribution < 1.29 is 14.2 Å². The Kier molecular flexibility index (Phi) is 5.39. The summed E-state index contributed by atoms with van der Waals surface area (Å²) < 4.78 is 16.7. The molecular weight excluding hydrogens is 302 g/mol. The van der Waals surface area contributed by atoms with E-state index in [0.29, 0.717) is 0 Å². The highest BCUT2D eigenvalue weighted by Crippen LogP contribution is 2.36. The smallest absolute Gasteiger partial charge is 0.131 e. The van der Waals surface area contributed by atoms with Gasteiger partial charge in [0.25, 0.3) is 0 Å². The minimum absolute atomic E-state index is 0.750. The summed E-state index contributed by atoms with van der Waals surface area (Å²) in [5.41, 5.74) is 3.18. The van der Waals surface area contributed by atoms with Crippen LogP contribution in [-0.4, -0.2) is 40.5 Å². The molecule has 0 saturated carbocycles. The zero-order chi connectivity index (χ0) is 16.8. The molecule has 0 bridgehead atoms. The molecule has 4 heteroatoms. The van der Waals surface area contributed by atoms with Crippen molar-refractivity contribution >= 4 is 17.8 Å². The van der Waals surface area contributed by atoms with Crippen molar-refractivity contribution in [1.82, 2.24) is 0 Å². The number of anilines is 1. The Morgan fingerprint density at radius 3 is 2.12 bits per heavy atom. The lowest BCUT2D eigenvalue weighted by Gasteiger charge is -2.29. The molecule has 1 fully saturated rings. The summed E-state index contributed by atoms with van der Waals surface area (Å²) in [4.78, 5) is 2.29. The number of ether oxygens (including phenoxy) is 3. The van der Waals surface area contributed by atoms with Crippen LogP contribution in [0, 0.1) is 0 Å². The SMILES string of the molecule is COc1cc(N2CCOCC2)cc(OC)c1C=Cc1ccccc1. The molecule has 4 nitrogen and oxygen atoms in total. The third-order valence-corrected chi connectivity index (χ3v) is 4.15. The Morgan fingerprint density at radius 1 is 0.917 bits per heavy atom. The molecule has 0 aliphatic carbocycles. The van der Waals surface area contributed by atoms with Crippen molar-refractivity contribution in [2.75, 3.05) is 45.4 Å². The predicted molar refractivity (Wildman–Crippen MR) is 97.9 cm³/mol. The Bertz CT molecular complexity index is 666. The quantitative estimate of drug-likeness (QED) is 0.784. The standard InChI is InChI=1S/C20H23NO3/c1-22-19-14-17(21-10-12-24-13-11-21)15-20(23-2)18(19)9-8-16-6-4-3-5-7-16/h3-9,14-15H,10-13H2,1-2H3. The van der Waals surface area contributed by atoms with Gasteiger partial charge in [-0.1, -0.05) is 36.4 Å². The monoisotopic (exact) mass is 325 g/mol. The van der Waals surface area contributed by atoms with Gasteiger partial charge in [0.15, 0.2) is 0 Å². The first-order valence-corrected chi connectivity index (χ1v) is 8.13. The van der Waals surface area contributed by atoms with Crippen molar-refractivity contribution in [1.29, 1.82) is 0 Å². The first-order chi connectivity index (χ1) is 11.8. The summed E-state index contributed by atoms with van der Waals surface area (Å²) in [6.07, 6.45) is 4.10. The molecule has 1 aliphatic rings. The topological polar surface area (TPSA) is 30.9 Å². The average molecular weight is 325 g/mol. The third kappa shape index (κ3) is 3.71. The van der Waals surface area contributed by atoms with Crippen LogP contribution in [-0.2, 0) is 4.74 Å². The van der Waals surface area contributed by atoms with Gasteiger partial charge in [-0.2, -0.15) is 0 Å². The van der Waals surface area contributed by atoms with Gasteiger partial charge >= 0.3 is 0 Å². The van der Waals surface area contributed by atoms with E-state index >= 15 is 0 Å². The number of methoxy groups -OCH3 is 2. The number of morpholine rings is 1. The van der Waals surface area contributed by atoms with Crippen LogP contribution in [0.15, 0.2) is 42.5 Å². The molecule has 0 N–H and O–H groups in total. The first kappa shape index (κ1) is 16.4. The molecule has 1 aliphatic heterocycles. The Hall–Kier alpha value is -2.46. The molecule has 1 heterocycles. The Balaban J connectivity index is 1.94. The Morgan fingerprint density at radius 2 is 1.54 bits per heavy atom. The predicted octanol–water partition coefficient (Wildman–Crippen LogP) is 3.71. The fourth-order valence-corrected chi connectivity index (χ4v) is 2.84. The lowest BCUT2D eigenvalue weighted by Crippen LogP contribution is -2.36. The minimum atomic E-state index is 0.750. The Labute approximate surface area is 143 Å². The number of nitrogens with zero attached hydrogens (tertiary/aromatic N) is 1. The van der Waals surface area contributed by atoms with Crippen LogP contribution in [0.5, 0.6) is 11.5 Å². The third-order valence-electron chi connectivity index (χ3n) is 4.15. The summed E-state index contributed by atoms with van der Waals surface area (Å²) in [5, 5.41) is 0. The maximum absolute atomic E-state index is 5.62. The van der Waals surface area contributed by atoms with Crippen LogP contribution >= 0.6 is 0 Å². The number of hydrogen-bond donors (Lipinski definition) is 0. The molecule has 0 amide bonds. The molecule has 1 saturated heterocycles. The van der Waals surface area contributed by atoms with Crippen LogP contribution in [0.4, 0.5) is 5.69 Å². The van der Waals surface area contributed by atoms with Gasteiger partial charge in [0, 0.05) is 30.9 Å². The zero-order valence-electron chi connectivity index (χ0n) is 14.2. The van der Waals surface area contributed by atoms with E-state index in [9.17, 15) is 0 Å². The van der Waals surface area contributed by atoms with Crippen LogP contribution < -0.4 is 14.4 Å². The van der Waals surface area contributed by atoms with Gasteiger partial charge in [-0.3, -0.25) is 0 Å². The van der Waals surface area contributed by atoms with E-state index in [4.69, 9.17) is 14.2 Å². The lowest BCUT2D eigenvalue weighted by molar-refractivity contribution is 0.122. The summed E-state index contributed by atoms with van der Waals surface area (Å²) in [6, 6.07) is 14.3. The minimum Gasteiger partial charge on any atom is -0.496 e. The van der Waals surface area contributed by atoms with E-state index in [1.54, 1.807) is 14.2 Å². The second kappa shape index (κ2) is 7.88. The van der Waals surface area contributed by atoms with Gasteiger partial charge in [-0.25, -0.2) is 0 Å². The molecule has 0 atom stereocenters. The highest BCUT2D eigenvalue weighted by molar-refractivity contribution is 5.78. The van der Waals surface area contributed by atoms with Gasteiger partial charge in [0.05, 0.1) is 33.0 Å². The number of hydrogen-bond acceptors (Lipinski definition) is 4. The highest BCUT2D eigenvalue weighted by atomic mass is 16.5. The molecule has 126 valence electrons. The summed E-state index contributed by atoms with van der Waals surface area (Å²) in [5.74, 6) is 1.62. The molecule has 0 spiro atoms. The zero-order valence-corrected chi connectivity index (χ0v) is 14.2. The number of benzene rings is 2. The van der Waals surface area contributed by atoms with Crippen LogP contribution in [0.2, 0.25) is 0 Å². The molecular formula is C20H23NO3. The van der Waals surface area contributed by atoms with Crippen LogP contribution in [0.25, 0.3) is 12.2 Å². The second-order valence-corrected chi connectivity index (χ2v) is 5.61. The summed E-state index contributed by atoms with van der Waals surface area (Å²) in [6.45, 7) is 3.26. The fourth-order valence-electron chi connectivity index (χ4n) is 2.84. The van der Waals surface area contributed by atoms with Crippen LogP contribution in [0.1, 0.15) is 11.1 Å². The average Bonchev–Trinajstić information content (AvgIpc) is 2.67. The highest BCUT2D eigenvalue weighted by Gasteiger charge is 2.16. The molecule has 0 radical (unpaired) electrons. The van der Waals surface area contributed by atoms with Crippen LogP contribution in [0.3, 0.4) is 0 Å². The first-order valence-electron chi connectivity index (χ1n) is 8.13. The van der Waals surface area contributed by atoms with Crippen molar-refractivity contribution in [3.63, 3.8) is 0 Å². The fraction of sp³-hybridized carbons (Fsp3) is 0.300.